The van der Waals surface area contributed by atoms with Crippen LogP contribution in [-0.2, 0) is 11.8 Å². The summed E-state index contributed by atoms with van der Waals surface area (Å²) < 4.78 is 0. The van der Waals surface area contributed by atoms with Gasteiger partial charge in [0.25, 0.3) is 0 Å². The first-order chi connectivity index (χ1) is 8.43. The van der Waals surface area contributed by atoms with Crippen molar-refractivity contribution in [1.29, 1.82) is 0 Å². The van der Waals surface area contributed by atoms with E-state index in [2.05, 4.69) is 52.1 Å². The maximum Gasteiger partial charge on any atom is 0.0102 e. The van der Waals surface area contributed by atoms with E-state index in [4.69, 9.17) is 0 Å². The Hall–Kier alpha value is -0.340. The minimum Gasteiger partial charge on any atom is -0.317 e. The van der Waals surface area contributed by atoms with Gasteiger partial charge in [-0.05, 0) is 55.8 Å². The summed E-state index contributed by atoms with van der Waals surface area (Å²) >= 11 is 1.99. The van der Waals surface area contributed by atoms with Crippen molar-refractivity contribution in [2.45, 2.75) is 59.3 Å². The third-order valence-corrected chi connectivity index (χ3v) is 4.92. The van der Waals surface area contributed by atoms with Crippen molar-refractivity contribution in [3.63, 3.8) is 0 Å². The van der Waals surface area contributed by atoms with E-state index in [1.54, 1.807) is 4.88 Å². The van der Waals surface area contributed by atoms with E-state index in [0.29, 0.717) is 5.41 Å². The van der Waals surface area contributed by atoms with E-state index in [9.17, 15) is 0 Å². The second-order valence-corrected chi connectivity index (χ2v) is 7.47. The molecule has 0 aliphatic rings. The molecule has 0 aliphatic heterocycles. The van der Waals surface area contributed by atoms with Crippen molar-refractivity contribution < 1.29 is 0 Å². The minimum atomic E-state index is 0.305. The molecule has 104 valence electrons. The maximum atomic E-state index is 3.40. The predicted molar refractivity (Wildman–Crippen MR) is 83.7 cm³/mol. The highest BCUT2D eigenvalue weighted by Crippen LogP contribution is 2.30. The Balaban J connectivity index is 2.33. The SMILES string of the molecule is CCNCCC(C)CCc1ccc(C(C)(C)C)s1. The van der Waals surface area contributed by atoms with Crippen molar-refractivity contribution in [2.75, 3.05) is 13.1 Å². The number of rotatable bonds is 7. The summed E-state index contributed by atoms with van der Waals surface area (Å²) in [5.41, 5.74) is 0.305. The molecule has 1 nitrogen and oxygen atoms in total. The van der Waals surface area contributed by atoms with Crippen LogP contribution in [0, 0.1) is 5.92 Å². The summed E-state index contributed by atoms with van der Waals surface area (Å²) in [7, 11) is 0. The van der Waals surface area contributed by atoms with Crippen LogP contribution in [0.3, 0.4) is 0 Å². The van der Waals surface area contributed by atoms with E-state index in [1.165, 1.54) is 24.1 Å². The third kappa shape index (κ3) is 5.53. The fraction of sp³-hybridized carbons (Fsp3) is 0.750. The van der Waals surface area contributed by atoms with Crippen LogP contribution in [0.1, 0.15) is 57.2 Å². The van der Waals surface area contributed by atoms with Crippen LogP contribution in [-0.4, -0.2) is 13.1 Å². The normalized spacial score (nSPS) is 13.8. The number of hydrogen-bond acceptors (Lipinski definition) is 2. The second-order valence-electron chi connectivity index (χ2n) is 6.30. The summed E-state index contributed by atoms with van der Waals surface area (Å²) in [6, 6.07) is 4.63. The lowest BCUT2D eigenvalue weighted by molar-refractivity contribution is 0.475. The van der Waals surface area contributed by atoms with Gasteiger partial charge in [0, 0.05) is 9.75 Å². The Morgan fingerprint density at radius 3 is 2.50 bits per heavy atom. The van der Waals surface area contributed by atoms with Gasteiger partial charge in [-0.3, -0.25) is 0 Å². The average Bonchev–Trinajstić information content (AvgIpc) is 2.75. The van der Waals surface area contributed by atoms with Gasteiger partial charge < -0.3 is 5.32 Å². The van der Waals surface area contributed by atoms with Crippen molar-refractivity contribution in [3.05, 3.63) is 21.9 Å². The highest BCUT2D eigenvalue weighted by Gasteiger charge is 2.16. The van der Waals surface area contributed by atoms with Gasteiger partial charge in [0.05, 0.1) is 0 Å². The van der Waals surface area contributed by atoms with Gasteiger partial charge in [-0.1, -0.05) is 34.6 Å². The molecule has 0 spiro atoms. The van der Waals surface area contributed by atoms with Crippen LogP contribution >= 0.6 is 11.3 Å². The molecule has 1 unspecified atom stereocenters. The monoisotopic (exact) mass is 267 g/mol. The second kappa shape index (κ2) is 7.30. The minimum absolute atomic E-state index is 0.305. The van der Waals surface area contributed by atoms with Gasteiger partial charge in [-0.25, -0.2) is 0 Å². The molecule has 1 aromatic heterocycles. The maximum absolute atomic E-state index is 3.40. The molecule has 1 aromatic rings. The molecule has 0 aromatic carbocycles. The van der Waals surface area contributed by atoms with Crippen LogP contribution in [0.25, 0.3) is 0 Å². The molecule has 0 aliphatic carbocycles. The quantitative estimate of drug-likeness (QED) is 0.711. The standard InChI is InChI=1S/C16H29NS/c1-6-17-12-11-13(2)7-8-14-9-10-15(18-14)16(3,4)5/h9-10,13,17H,6-8,11-12H2,1-5H3. The average molecular weight is 267 g/mol. The number of hydrogen-bond donors (Lipinski definition) is 1. The highest BCUT2D eigenvalue weighted by molar-refractivity contribution is 7.12. The summed E-state index contributed by atoms with van der Waals surface area (Å²) in [5.74, 6) is 0.823. The molecule has 2 heteroatoms. The molecule has 0 bridgehead atoms. The molecule has 0 amide bonds. The number of aryl methyl sites for hydroxylation is 1. The van der Waals surface area contributed by atoms with Gasteiger partial charge >= 0.3 is 0 Å². The Kier molecular flexibility index (Phi) is 6.37. The highest BCUT2D eigenvalue weighted by atomic mass is 32.1. The van der Waals surface area contributed by atoms with Crippen LogP contribution in [0.2, 0.25) is 0 Å². The van der Waals surface area contributed by atoms with Gasteiger partial charge in [-0.2, -0.15) is 0 Å². The molecule has 0 fully saturated rings. The Morgan fingerprint density at radius 2 is 1.94 bits per heavy atom. The summed E-state index contributed by atoms with van der Waals surface area (Å²) in [6.45, 7) is 13.7. The molecule has 18 heavy (non-hydrogen) atoms. The third-order valence-electron chi connectivity index (χ3n) is 3.35. The topological polar surface area (TPSA) is 12.0 Å². The Morgan fingerprint density at radius 1 is 1.22 bits per heavy atom. The summed E-state index contributed by atoms with van der Waals surface area (Å²) in [4.78, 5) is 3.06. The van der Waals surface area contributed by atoms with Crippen LogP contribution in [0.4, 0.5) is 0 Å². The molecule has 0 radical (unpaired) electrons. The molecular weight excluding hydrogens is 238 g/mol. The first-order valence-electron chi connectivity index (χ1n) is 7.23. The lowest BCUT2D eigenvalue weighted by Crippen LogP contribution is -2.16. The Labute approximate surface area is 117 Å². The Bertz CT molecular complexity index is 335. The first kappa shape index (κ1) is 15.7. The summed E-state index contributed by atoms with van der Waals surface area (Å²) in [6.07, 6.45) is 3.86. The smallest absolute Gasteiger partial charge is 0.0102 e. The zero-order chi connectivity index (χ0) is 13.6. The van der Waals surface area contributed by atoms with Crippen LogP contribution in [0.5, 0.6) is 0 Å². The van der Waals surface area contributed by atoms with E-state index < -0.39 is 0 Å². The number of nitrogens with one attached hydrogen (secondary N) is 1. The van der Waals surface area contributed by atoms with E-state index in [0.717, 1.165) is 19.0 Å². The number of thiophene rings is 1. The van der Waals surface area contributed by atoms with Crippen LogP contribution < -0.4 is 5.32 Å². The zero-order valence-electron chi connectivity index (χ0n) is 12.7. The molecule has 1 heterocycles. The fourth-order valence-electron chi connectivity index (χ4n) is 1.97. The lowest BCUT2D eigenvalue weighted by Gasteiger charge is -2.15. The van der Waals surface area contributed by atoms with Gasteiger partial charge in [-0.15, -0.1) is 11.3 Å². The van der Waals surface area contributed by atoms with Gasteiger partial charge in [0.2, 0.25) is 0 Å². The van der Waals surface area contributed by atoms with Gasteiger partial charge in [0.1, 0.15) is 0 Å². The molecule has 1 atom stereocenters. The largest absolute Gasteiger partial charge is 0.317 e. The van der Waals surface area contributed by atoms with Crippen molar-refractivity contribution in [3.8, 4) is 0 Å². The molecule has 0 saturated heterocycles. The molecule has 0 saturated carbocycles. The van der Waals surface area contributed by atoms with E-state index in [1.807, 2.05) is 11.3 Å². The molecule has 1 N–H and O–H groups in total. The fourth-order valence-corrected chi connectivity index (χ4v) is 3.05. The zero-order valence-corrected chi connectivity index (χ0v) is 13.5. The predicted octanol–water partition coefficient (Wildman–Crippen LogP) is 4.61. The van der Waals surface area contributed by atoms with Crippen molar-refractivity contribution in [1.82, 2.24) is 5.32 Å². The van der Waals surface area contributed by atoms with Crippen molar-refractivity contribution >= 4 is 11.3 Å². The lowest BCUT2D eigenvalue weighted by atomic mass is 9.95. The van der Waals surface area contributed by atoms with Crippen molar-refractivity contribution in [2.24, 2.45) is 5.92 Å². The van der Waals surface area contributed by atoms with Gasteiger partial charge in [0.15, 0.2) is 0 Å². The van der Waals surface area contributed by atoms with Crippen LogP contribution in [0.15, 0.2) is 12.1 Å². The summed E-state index contributed by atoms with van der Waals surface area (Å²) in [5, 5.41) is 3.40. The van der Waals surface area contributed by atoms with E-state index >= 15 is 0 Å². The van der Waals surface area contributed by atoms with E-state index in [-0.39, 0.29) is 0 Å². The molecule has 1 rings (SSSR count). The first-order valence-corrected chi connectivity index (χ1v) is 8.05. The molecular formula is C16H29NS.